The maximum Gasteiger partial charge on any atom is 0.0992 e. The van der Waals surface area contributed by atoms with Crippen LogP contribution < -0.4 is 0 Å². The van der Waals surface area contributed by atoms with Crippen molar-refractivity contribution in [3.05, 3.63) is 72.3 Å². The van der Waals surface area contributed by atoms with Crippen molar-refractivity contribution in [1.82, 2.24) is 0 Å². The monoisotopic (exact) mass is 261 g/mol. The minimum absolute atomic E-state index is 0.700. The quantitative estimate of drug-likeness (QED) is 0.657. The maximum atomic E-state index is 8.91. The number of nitriles is 1. The van der Waals surface area contributed by atoms with E-state index in [0.717, 1.165) is 4.90 Å². The van der Waals surface area contributed by atoms with Crippen molar-refractivity contribution in [2.45, 2.75) is 9.79 Å². The summed E-state index contributed by atoms with van der Waals surface area (Å²) in [7, 11) is 0. The molecule has 0 atom stereocenters. The van der Waals surface area contributed by atoms with Gasteiger partial charge >= 0.3 is 0 Å². The summed E-state index contributed by atoms with van der Waals surface area (Å²) in [6.45, 7) is 0. The van der Waals surface area contributed by atoms with Gasteiger partial charge in [0.1, 0.15) is 0 Å². The van der Waals surface area contributed by atoms with Gasteiger partial charge in [0.2, 0.25) is 0 Å². The van der Waals surface area contributed by atoms with Gasteiger partial charge in [-0.05, 0) is 41.1 Å². The van der Waals surface area contributed by atoms with E-state index >= 15 is 0 Å². The first-order chi connectivity index (χ1) is 9.35. The van der Waals surface area contributed by atoms with Crippen LogP contribution in [0.1, 0.15) is 5.56 Å². The molecule has 0 unspecified atom stereocenters. The van der Waals surface area contributed by atoms with E-state index in [0.29, 0.717) is 5.56 Å². The third-order valence-electron chi connectivity index (χ3n) is 2.92. The molecule has 1 nitrogen and oxygen atoms in total. The van der Waals surface area contributed by atoms with Gasteiger partial charge in [-0.25, -0.2) is 0 Å². The largest absolute Gasteiger partial charge is 0.192 e. The Bertz CT molecular complexity index is 771. The molecule has 19 heavy (non-hydrogen) atoms. The molecular formula is C17H11NS. The highest BCUT2D eigenvalue weighted by Crippen LogP contribution is 2.30. The second-order valence-corrected chi connectivity index (χ2v) is 5.40. The third kappa shape index (κ3) is 2.62. The lowest BCUT2D eigenvalue weighted by atomic mass is 10.1. The lowest BCUT2D eigenvalue weighted by molar-refractivity contribution is 1.39. The highest BCUT2D eigenvalue weighted by Gasteiger charge is 2.00. The van der Waals surface area contributed by atoms with Gasteiger partial charge < -0.3 is 0 Å². The van der Waals surface area contributed by atoms with Gasteiger partial charge in [-0.15, -0.1) is 0 Å². The van der Waals surface area contributed by atoms with Crippen LogP contribution in [0.3, 0.4) is 0 Å². The molecule has 0 saturated heterocycles. The standard InChI is InChI=1S/C17H11NS/c18-12-13-4-3-7-16(10-13)19-17-9-8-14-5-1-2-6-15(14)11-17/h1-11H. The van der Waals surface area contributed by atoms with E-state index in [9.17, 15) is 0 Å². The van der Waals surface area contributed by atoms with Gasteiger partial charge in [0, 0.05) is 9.79 Å². The topological polar surface area (TPSA) is 23.8 Å². The Kier molecular flexibility index (Phi) is 3.22. The van der Waals surface area contributed by atoms with Crippen molar-refractivity contribution in [2.24, 2.45) is 0 Å². The van der Waals surface area contributed by atoms with Gasteiger partial charge in [-0.2, -0.15) is 5.26 Å². The predicted molar refractivity (Wildman–Crippen MR) is 79.2 cm³/mol. The third-order valence-corrected chi connectivity index (χ3v) is 3.90. The summed E-state index contributed by atoms with van der Waals surface area (Å²) in [6, 6.07) is 24.6. The molecule has 0 fully saturated rings. The van der Waals surface area contributed by atoms with Crippen molar-refractivity contribution >= 4 is 22.5 Å². The van der Waals surface area contributed by atoms with Crippen LogP contribution >= 0.6 is 11.8 Å². The summed E-state index contributed by atoms with van der Waals surface area (Å²) in [5.41, 5.74) is 0.700. The molecule has 2 heteroatoms. The van der Waals surface area contributed by atoms with Crippen LogP contribution in [-0.4, -0.2) is 0 Å². The molecule has 0 N–H and O–H groups in total. The lowest BCUT2D eigenvalue weighted by Gasteiger charge is -2.04. The van der Waals surface area contributed by atoms with Crippen LogP contribution in [0.15, 0.2) is 76.5 Å². The number of rotatable bonds is 2. The highest BCUT2D eigenvalue weighted by atomic mass is 32.2. The summed E-state index contributed by atoms with van der Waals surface area (Å²) in [4.78, 5) is 2.28. The molecule has 0 amide bonds. The molecule has 90 valence electrons. The molecule has 0 aromatic heterocycles. The van der Waals surface area contributed by atoms with E-state index in [1.54, 1.807) is 11.8 Å². The number of fused-ring (bicyclic) bond motifs is 1. The molecule has 0 aliphatic rings. The van der Waals surface area contributed by atoms with Crippen molar-refractivity contribution in [3.63, 3.8) is 0 Å². The van der Waals surface area contributed by atoms with E-state index in [4.69, 9.17) is 5.26 Å². The highest BCUT2D eigenvalue weighted by molar-refractivity contribution is 7.99. The van der Waals surface area contributed by atoms with Gasteiger partial charge in [-0.1, -0.05) is 48.2 Å². The second kappa shape index (κ2) is 5.17. The van der Waals surface area contributed by atoms with E-state index < -0.39 is 0 Å². The Morgan fingerprint density at radius 1 is 0.737 bits per heavy atom. The van der Waals surface area contributed by atoms with Gasteiger partial charge in [0.05, 0.1) is 11.6 Å². The van der Waals surface area contributed by atoms with Gasteiger partial charge in [0.15, 0.2) is 0 Å². The summed E-state index contributed by atoms with van der Waals surface area (Å²) in [5.74, 6) is 0. The van der Waals surface area contributed by atoms with E-state index in [1.807, 2.05) is 36.4 Å². The minimum atomic E-state index is 0.700. The van der Waals surface area contributed by atoms with Crippen molar-refractivity contribution < 1.29 is 0 Å². The molecule has 0 bridgehead atoms. The Balaban J connectivity index is 1.94. The Morgan fingerprint density at radius 2 is 1.53 bits per heavy atom. The fourth-order valence-electron chi connectivity index (χ4n) is 2.00. The fourth-order valence-corrected chi connectivity index (χ4v) is 2.92. The fraction of sp³-hybridized carbons (Fsp3) is 0. The van der Waals surface area contributed by atoms with Crippen molar-refractivity contribution in [2.75, 3.05) is 0 Å². The Labute approximate surface area is 116 Å². The van der Waals surface area contributed by atoms with Crippen molar-refractivity contribution in [3.8, 4) is 6.07 Å². The van der Waals surface area contributed by atoms with E-state index in [1.165, 1.54) is 15.7 Å². The minimum Gasteiger partial charge on any atom is -0.192 e. The van der Waals surface area contributed by atoms with E-state index in [2.05, 4.69) is 36.4 Å². The van der Waals surface area contributed by atoms with Crippen LogP contribution in [0, 0.1) is 11.3 Å². The summed E-state index contributed by atoms with van der Waals surface area (Å²) < 4.78 is 0. The van der Waals surface area contributed by atoms with Crippen LogP contribution in [-0.2, 0) is 0 Å². The van der Waals surface area contributed by atoms with E-state index in [-0.39, 0.29) is 0 Å². The summed E-state index contributed by atoms with van der Waals surface area (Å²) in [5, 5.41) is 11.4. The Hall–Kier alpha value is -2.24. The first kappa shape index (κ1) is 11.8. The van der Waals surface area contributed by atoms with Crippen LogP contribution in [0.2, 0.25) is 0 Å². The molecule has 0 aliphatic heterocycles. The van der Waals surface area contributed by atoms with Gasteiger partial charge in [0.25, 0.3) is 0 Å². The molecule has 3 aromatic carbocycles. The zero-order valence-electron chi connectivity index (χ0n) is 10.2. The number of hydrogen-bond donors (Lipinski definition) is 0. The SMILES string of the molecule is N#Cc1cccc(Sc2ccc3ccccc3c2)c1. The first-order valence-electron chi connectivity index (χ1n) is 6.02. The number of benzene rings is 3. The van der Waals surface area contributed by atoms with Gasteiger partial charge in [-0.3, -0.25) is 0 Å². The zero-order chi connectivity index (χ0) is 13.1. The summed E-state index contributed by atoms with van der Waals surface area (Å²) in [6.07, 6.45) is 0. The predicted octanol–water partition coefficient (Wildman–Crippen LogP) is 4.86. The second-order valence-electron chi connectivity index (χ2n) is 4.25. The molecule has 0 aliphatic carbocycles. The smallest absolute Gasteiger partial charge is 0.0992 e. The molecule has 3 aromatic rings. The zero-order valence-corrected chi connectivity index (χ0v) is 11.0. The lowest BCUT2D eigenvalue weighted by Crippen LogP contribution is -1.78. The summed E-state index contributed by atoms with van der Waals surface area (Å²) >= 11 is 1.68. The molecule has 0 spiro atoms. The van der Waals surface area contributed by atoms with Crippen molar-refractivity contribution in [1.29, 1.82) is 5.26 Å². The van der Waals surface area contributed by atoms with Crippen LogP contribution in [0.4, 0.5) is 0 Å². The van der Waals surface area contributed by atoms with Crippen LogP contribution in [0.25, 0.3) is 10.8 Å². The number of hydrogen-bond acceptors (Lipinski definition) is 2. The molecular weight excluding hydrogens is 250 g/mol. The van der Waals surface area contributed by atoms with Crippen LogP contribution in [0.5, 0.6) is 0 Å². The average molecular weight is 261 g/mol. The Morgan fingerprint density at radius 3 is 2.37 bits per heavy atom. The molecule has 0 radical (unpaired) electrons. The molecule has 0 heterocycles. The first-order valence-corrected chi connectivity index (χ1v) is 6.84. The molecule has 3 rings (SSSR count). The average Bonchev–Trinajstić information content (AvgIpc) is 2.47. The number of nitrogens with zero attached hydrogens (tertiary/aromatic N) is 1. The molecule has 0 saturated carbocycles. The maximum absolute atomic E-state index is 8.91. The normalized spacial score (nSPS) is 10.3.